The summed E-state index contributed by atoms with van der Waals surface area (Å²) in [5, 5.41) is 15.4. The number of aromatic nitrogens is 1. The van der Waals surface area contributed by atoms with E-state index in [2.05, 4.69) is 10.3 Å². The minimum atomic E-state index is -0.461. The fraction of sp³-hybridized carbons (Fsp3) is 0.412. The zero-order valence-corrected chi connectivity index (χ0v) is 14.3. The van der Waals surface area contributed by atoms with Crippen molar-refractivity contribution >= 4 is 28.5 Å². The van der Waals surface area contributed by atoms with E-state index in [4.69, 9.17) is 0 Å². The van der Waals surface area contributed by atoms with Crippen molar-refractivity contribution in [2.75, 3.05) is 11.9 Å². The number of thiazole rings is 1. The summed E-state index contributed by atoms with van der Waals surface area (Å²) in [5.74, 6) is -0.182. The SMILES string of the molecule is CC(=O)c1ccc(NCCc2nc3c(s2)CCCC3)c([N+](=O)[O-])c1. The summed E-state index contributed by atoms with van der Waals surface area (Å²) in [7, 11) is 0. The van der Waals surface area contributed by atoms with Crippen LogP contribution in [0.25, 0.3) is 0 Å². The number of nitro benzene ring substituents is 1. The lowest BCUT2D eigenvalue weighted by molar-refractivity contribution is -0.384. The number of benzene rings is 1. The molecule has 0 radical (unpaired) electrons. The van der Waals surface area contributed by atoms with Gasteiger partial charge in [-0.15, -0.1) is 11.3 Å². The second-order valence-corrected chi connectivity index (χ2v) is 7.07. The molecule has 1 aromatic carbocycles. The van der Waals surface area contributed by atoms with Gasteiger partial charge in [-0.3, -0.25) is 14.9 Å². The van der Waals surface area contributed by atoms with Crippen LogP contribution in [0.15, 0.2) is 18.2 Å². The molecule has 0 spiro atoms. The van der Waals surface area contributed by atoms with Gasteiger partial charge in [0.25, 0.3) is 5.69 Å². The number of hydrogen-bond acceptors (Lipinski definition) is 6. The number of hydrogen-bond donors (Lipinski definition) is 1. The Kier molecular flexibility index (Phi) is 4.89. The van der Waals surface area contributed by atoms with E-state index >= 15 is 0 Å². The highest BCUT2D eigenvalue weighted by atomic mass is 32.1. The molecular weight excluding hydrogens is 326 g/mol. The summed E-state index contributed by atoms with van der Waals surface area (Å²) < 4.78 is 0. The molecule has 2 aromatic rings. The molecule has 1 heterocycles. The van der Waals surface area contributed by atoms with Gasteiger partial charge in [-0.1, -0.05) is 0 Å². The third-order valence-corrected chi connectivity index (χ3v) is 5.36. The Hall–Kier alpha value is -2.28. The molecule has 1 aliphatic rings. The van der Waals surface area contributed by atoms with Crippen LogP contribution < -0.4 is 5.32 Å². The van der Waals surface area contributed by atoms with Gasteiger partial charge in [0.15, 0.2) is 5.78 Å². The summed E-state index contributed by atoms with van der Waals surface area (Å²) in [6.45, 7) is 1.98. The lowest BCUT2D eigenvalue weighted by atomic mass is 10.0. The highest BCUT2D eigenvalue weighted by Crippen LogP contribution is 2.28. The second kappa shape index (κ2) is 7.09. The summed E-state index contributed by atoms with van der Waals surface area (Å²) in [6, 6.07) is 4.54. The lowest BCUT2D eigenvalue weighted by Crippen LogP contribution is -2.08. The van der Waals surface area contributed by atoms with E-state index in [0.717, 1.165) is 24.3 Å². The molecular formula is C17H19N3O3S. The van der Waals surface area contributed by atoms with E-state index in [1.165, 1.54) is 36.4 Å². The number of rotatable bonds is 6. The number of carbonyl (C=O) groups excluding carboxylic acids is 1. The lowest BCUT2D eigenvalue weighted by Gasteiger charge is -2.07. The number of ketones is 1. The Labute approximate surface area is 144 Å². The largest absolute Gasteiger partial charge is 0.379 e. The monoisotopic (exact) mass is 345 g/mol. The van der Waals surface area contributed by atoms with E-state index in [1.54, 1.807) is 23.5 Å². The Morgan fingerprint density at radius 1 is 1.38 bits per heavy atom. The van der Waals surface area contributed by atoms with Gasteiger partial charge < -0.3 is 5.32 Å². The topological polar surface area (TPSA) is 85.1 Å². The Morgan fingerprint density at radius 2 is 2.17 bits per heavy atom. The number of fused-ring (bicyclic) bond motifs is 1. The first kappa shape index (κ1) is 16.6. The minimum Gasteiger partial charge on any atom is -0.379 e. The summed E-state index contributed by atoms with van der Waals surface area (Å²) in [6.07, 6.45) is 5.38. The molecule has 0 saturated heterocycles. The fourth-order valence-electron chi connectivity index (χ4n) is 2.87. The number of nitrogens with zero attached hydrogens (tertiary/aromatic N) is 2. The van der Waals surface area contributed by atoms with Crippen molar-refractivity contribution in [3.63, 3.8) is 0 Å². The average molecular weight is 345 g/mol. The molecule has 126 valence electrons. The van der Waals surface area contributed by atoms with E-state index in [-0.39, 0.29) is 11.5 Å². The van der Waals surface area contributed by atoms with Crippen LogP contribution >= 0.6 is 11.3 Å². The van der Waals surface area contributed by atoms with Gasteiger partial charge in [0.2, 0.25) is 0 Å². The maximum atomic E-state index is 11.4. The van der Waals surface area contributed by atoms with Crippen molar-refractivity contribution in [2.24, 2.45) is 0 Å². The first-order valence-corrected chi connectivity index (χ1v) is 8.87. The van der Waals surface area contributed by atoms with Gasteiger partial charge in [-0.05, 0) is 44.7 Å². The van der Waals surface area contributed by atoms with E-state index in [0.29, 0.717) is 17.8 Å². The normalized spacial score (nSPS) is 13.4. The summed E-state index contributed by atoms with van der Waals surface area (Å²) >= 11 is 1.76. The molecule has 24 heavy (non-hydrogen) atoms. The van der Waals surface area contributed by atoms with E-state index < -0.39 is 4.92 Å². The first-order chi connectivity index (χ1) is 11.5. The highest BCUT2D eigenvalue weighted by molar-refractivity contribution is 7.11. The highest BCUT2D eigenvalue weighted by Gasteiger charge is 2.17. The second-order valence-electron chi connectivity index (χ2n) is 5.91. The molecule has 0 atom stereocenters. The Bertz CT molecular complexity index is 762. The zero-order valence-electron chi connectivity index (χ0n) is 13.5. The fourth-order valence-corrected chi connectivity index (χ4v) is 4.02. The van der Waals surface area contributed by atoms with Crippen molar-refractivity contribution in [1.29, 1.82) is 0 Å². The number of nitrogens with one attached hydrogen (secondary N) is 1. The van der Waals surface area contributed by atoms with Gasteiger partial charge >= 0.3 is 0 Å². The molecule has 3 rings (SSSR count). The third kappa shape index (κ3) is 3.62. The van der Waals surface area contributed by atoms with Crippen LogP contribution in [0.1, 0.15) is 45.7 Å². The van der Waals surface area contributed by atoms with Crippen LogP contribution in [-0.4, -0.2) is 22.2 Å². The molecule has 1 aliphatic carbocycles. The Morgan fingerprint density at radius 3 is 2.88 bits per heavy atom. The molecule has 0 bridgehead atoms. The van der Waals surface area contributed by atoms with E-state index in [1.807, 2.05) is 0 Å². The van der Waals surface area contributed by atoms with Gasteiger partial charge in [0.1, 0.15) is 5.69 Å². The first-order valence-electron chi connectivity index (χ1n) is 8.05. The average Bonchev–Trinajstić information content (AvgIpc) is 2.97. The van der Waals surface area contributed by atoms with Crippen molar-refractivity contribution in [3.8, 4) is 0 Å². The predicted octanol–water partition coefficient (Wildman–Crippen LogP) is 3.79. The maximum Gasteiger partial charge on any atom is 0.293 e. The van der Waals surface area contributed by atoms with Crippen molar-refractivity contribution in [1.82, 2.24) is 4.98 Å². The van der Waals surface area contributed by atoms with Crippen molar-refractivity contribution in [3.05, 3.63) is 49.5 Å². The van der Waals surface area contributed by atoms with Gasteiger partial charge in [-0.2, -0.15) is 0 Å². The third-order valence-electron chi connectivity index (χ3n) is 4.15. The molecule has 6 nitrogen and oxygen atoms in total. The number of Topliss-reactive ketones (excluding diaryl/α,β-unsaturated/α-hetero) is 1. The van der Waals surface area contributed by atoms with Crippen LogP contribution in [0.4, 0.5) is 11.4 Å². The van der Waals surface area contributed by atoms with Crippen molar-refractivity contribution < 1.29 is 9.72 Å². The van der Waals surface area contributed by atoms with Crippen LogP contribution in [0.5, 0.6) is 0 Å². The quantitative estimate of drug-likeness (QED) is 0.489. The van der Waals surface area contributed by atoms with Crippen LogP contribution in [0.2, 0.25) is 0 Å². The number of carbonyl (C=O) groups is 1. The molecule has 0 unspecified atom stereocenters. The van der Waals surface area contributed by atoms with Gasteiger partial charge in [0.05, 0.1) is 15.6 Å². The summed E-state index contributed by atoms with van der Waals surface area (Å²) in [5.41, 5.74) is 1.95. The molecule has 0 saturated carbocycles. The smallest absolute Gasteiger partial charge is 0.293 e. The summed E-state index contributed by atoms with van der Waals surface area (Å²) in [4.78, 5) is 28.2. The number of aryl methyl sites for hydroxylation is 2. The van der Waals surface area contributed by atoms with Crippen LogP contribution in [-0.2, 0) is 19.3 Å². The number of anilines is 1. The van der Waals surface area contributed by atoms with Gasteiger partial charge in [0, 0.05) is 29.5 Å². The molecule has 7 heteroatoms. The van der Waals surface area contributed by atoms with Crippen LogP contribution in [0, 0.1) is 10.1 Å². The van der Waals surface area contributed by atoms with Crippen molar-refractivity contribution in [2.45, 2.75) is 39.0 Å². The number of nitro groups is 1. The standard InChI is InChI=1S/C17H19N3O3S/c1-11(21)12-6-7-13(15(10-12)20(22)23)18-9-8-17-19-14-4-2-3-5-16(14)24-17/h6-7,10,18H,2-5,8-9H2,1H3. The molecule has 1 aromatic heterocycles. The van der Waals surface area contributed by atoms with E-state index in [9.17, 15) is 14.9 Å². The van der Waals surface area contributed by atoms with Gasteiger partial charge in [-0.25, -0.2) is 4.98 Å². The predicted molar refractivity (Wildman–Crippen MR) is 94.1 cm³/mol. The molecule has 0 fully saturated rings. The minimum absolute atomic E-state index is 0.0684. The molecule has 0 amide bonds. The Balaban J connectivity index is 1.67. The maximum absolute atomic E-state index is 11.4. The zero-order chi connectivity index (χ0) is 17.1. The van der Waals surface area contributed by atoms with Crippen LogP contribution in [0.3, 0.4) is 0 Å². The molecule has 0 aliphatic heterocycles. The molecule has 1 N–H and O–H groups in total.